The molecule has 1 aliphatic heterocycles. The molecule has 106 valence electrons. The number of benzene rings is 1. The van der Waals surface area contributed by atoms with Crippen LogP contribution in [-0.4, -0.2) is 24.5 Å². The lowest BCUT2D eigenvalue weighted by atomic mass is 9.98. The summed E-state index contributed by atoms with van der Waals surface area (Å²) in [4.78, 5) is 2.52. The van der Waals surface area contributed by atoms with Gasteiger partial charge in [0.05, 0.1) is 0 Å². The number of hydrogen-bond acceptors (Lipinski definition) is 2. The Hall–Kier alpha value is -0.0900. The van der Waals surface area contributed by atoms with Crippen LogP contribution >= 0.6 is 27.5 Å². The minimum absolute atomic E-state index is 0.0277. The van der Waals surface area contributed by atoms with Crippen molar-refractivity contribution in [1.82, 2.24) is 4.90 Å². The molecule has 0 saturated carbocycles. The van der Waals surface area contributed by atoms with Gasteiger partial charge in [-0.15, -0.1) is 0 Å². The van der Waals surface area contributed by atoms with Gasteiger partial charge in [0, 0.05) is 15.5 Å². The van der Waals surface area contributed by atoms with E-state index in [1.165, 1.54) is 25.9 Å². The van der Waals surface area contributed by atoms with Crippen LogP contribution < -0.4 is 5.73 Å². The molecule has 0 aromatic heterocycles. The third kappa shape index (κ3) is 4.45. The normalized spacial score (nSPS) is 19.6. The lowest BCUT2D eigenvalue weighted by molar-refractivity contribution is 0.187. The van der Waals surface area contributed by atoms with E-state index in [1.54, 1.807) is 0 Å². The second-order valence-electron chi connectivity index (χ2n) is 5.59. The minimum atomic E-state index is 0.0277. The van der Waals surface area contributed by atoms with Gasteiger partial charge in [-0.1, -0.05) is 40.5 Å². The molecule has 1 saturated heterocycles. The van der Waals surface area contributed by atoms with E-state index in [-0.39, 0.29) is 6.04 Å². The number of nitrogens with zero attached hydrogens (tertiary/aromatic N) is 1. The third-order valence-electron chi connectivity index (χ3n) is 3.99. The molecule has 1 atom stereocenters. The lowest BCUT2D eigenvalue weighted by Crippen LogP contribution is -2.34. The average molecular weight is 346 g/mol. The van der Waals surface area contributed by atoms with Gasteiger partial charge in [0.2, 0.25) is 0 Å². The van der Waals surface area contributed by atoms with Crippen molar-refractivity contribution in [1.29, 1.82) is 0 Å². The van der Waals surface area contributed by atoms with Gasteiger partial charge in [-0.25, -0.2) is 0 Å². The highest BCUT2D eigenvalue weighted by molar-refractivity contribution is 9.10. The molecule has 1 fully saturated rings. The molecule has 0 radical (unpaired) electrons. The highest BCUT2D eigenvalue weighted by Crippen LogP contribution is 2.27. The van der Waals surface area contributed by atoms with Crippen molar-refractivity contribution < 1.29 is 0 Å². The fourth-order valence-electron chi connectivity index (χ4n) is 2.57. The summed E-state index contributed by atoms with van der Waals surface area (Å²) in [6.45, 7) is 5.83. The summed E-state index contributed by atoms with van der Waals surface area (Å²) in [5, 5.41) is 0.758. The number of hydrogen-bond donors (Lipinski definition) is 1. The molecular weight excluding hydrogens is 324 g/mol. The Morgan fingerprint density at radius 1 is 1.42 bits per heavy atom. The van der Waals surface area contributed by atoms with Crippen molar-refractivity contribution in [2.45, 2.75) is 32.2 Å². The van der Waals surface area contributed by atoms with Gasteiger partial charge in [-0.3, -0.25) is 0 Å². The molecule has 1 unspecified atom stereocenters. The molecule has 0 amide bonds. The van der Waals surface area contributed by atoms with Crippen molar-refractivity contribution in [2.75, 3.05) is 19.6 Å². The molecular formula is C15H22BrClN2. The summed E-state index contributed by atoms with van der Waals surface area (Å²) in [6.07, 6.45) is 3.60. The number of nitrogens with two attached hydrogens (primary N) is 1. The van der Waals surface area contributed by atoms with Gasteiger partial charge in [-0.05, 0) is 62.5 Å². The fraction of sp³-hybridized carbons (Fsp3) is 0.600. The summed E-state index contributed by atoms with van der Waals surface area (Å²) >= 11 is 9.66. The summed E-state index contributed by atoms with van der Waals surface area (Å²) < 4.78 is 0.999. The van der Waals surface area contributed by atoms with Crippen LogP contribution in [0.15, 0.2) is 22.7 Å². The van der Waals surface area contributed by atoms with Crippen LogP contribution in [0.1, 0.15) is 37.8 Å². The van der Waals surface area contributed by atoms with Gasteiger partial charge in [0.15, 0.2) is 0 Å². The molecule has 4 heteroatoms. The summed E-state index contributed by atoms with van der Waals surface area (Å²) in [5.41, 5.74) is 7.32. The van der Waals surface area contributed by atoms with Crippen LogP contribution in [0.5, 0.6) is 0 Å². The van der Waals surface area contributed by atoms with Gasteiger partial charge >= 0.3 is 0 Å². The zero-order valence-corrected chi connectivity index (χ0v) is 13.8. The SMILES string of the molecule is CC1CCN(CCC(N)c2ccc(Br)cc2Cl)CC1. The number of likely N-dealkylation sites (tertiary alicyclic amines) is 1. The number of piperidine rings is 1. The van der Waals surface area contributed by atoms with E-state index in [0.29, 0.717) is 0 Å². The van der Waals surface area contributed by atoms with Gasteiger partial charge < -0.3 is 10.6 Å². The molecule has 19 heavy (non-hydrogen) atoms. The highest BCUT2D eigenvalue weighted by Gasteiger charge is 2.17. The van der Waals surface area contributed by atoms with E-state index in [4.69, 9.17) is 17.3 Å². The Bertz CT molecular complexity index is 417. The molecule has 1 aromatic rings. The standard InChI is InChI=1S/C15H22BrClN2/c1-11-4-7-19(8-5-11)9-6-15(18)13-3-2-12(16)10-14(13)17/h2-3,10-11,15H,4-9,18H2,1H3. The highest BCUT2D eigenvalue weighted by atomic mass is 79.9. The Labute approximate surface area is 129 Å². The third-order valence-corrected chi connectivity index (χ3v) is 4.82. The van der Waals surface area contributed by atoms with Crippen molar-refractivity contribution >= 4 is 27.5 Å². The van der Waals surface area contributed by atoms with E-state index in [0.717, 1.165) is 33.9 Å². The van der Waals surface area contributed by atoms with Crippen molar-refractivity contribution in [3.63, 3.8) is 0 Å². The first-order valence-corrected chi connectivity index (χ1v) is 8.16. The van der Waals surface area contributed by atoms with Crippen LogP contribution in [0.25, 0.3) is 0 Å². The first-order chi connectivity index (χ1) is 9.06. The lowest BCUT2D eigenvalue weighted by Gasteiger charge is -2.31. The number of rotatable bonds is 4. The van der Waals surface area contributed by atoms with Crippen LogP contribution in [-0.2, 0) is 0 Å². The predicted octanol–water partition coefficient (Wildman–Crippen LogP) is 4.22. The van der Waals surface area contributed by atoms with Gasteiger partial charge in [0.1, 0.15) is 0 Å². The molecule has 1 heterocycles. The largest absolute Gasteiger partial charge is 0.324 e. The first-order valence-electron chi connectivity index (χ1n) is 6.99. The Morgan fingerprint density at radius 2 is 2.11 bits per heavy atom. The van der Waals surface area contributed by atoms with E-state index < -0.39 is 0 Å². The Morgan fingerprint density at radius 3 is 2.74 bits per heavy atom. The Kier molecular flexibility index (Phi) is 5.70. The Balaban J connectivity index is 1.85. The molecule has 1 aliphatic rings. The second-order valence-corrected chi connectivity index (χ2v) is 6.91. The van der Waals surface area contributed by atoms with E-state index >= 15 is 0 Å². The van der Waals surface area contributed by atoms with Crippen LogP contribution in [0.2, 0.25) is 5.02 Å². The van der Waals surface area contributed by atoms with Crippen molar-refractivity contribution in [3.05, 3.63) is 33.3 Å². The van der Waals surface area contributed by atoms with Crippen LogP contribution in [0, 0.1) is 5.92 Å². The summed E-state index contributed by atoms with van der Waals surface area (Å²) in [6, 6.07) is 5.97. The monoisotopic (exact) mass is 344 g/mol. The van der Waals surface area contributed by atoms with Gasteiger partial charge in [-0.2, -0.15) is 0 Å². The smallest absolute Gasteiger partial charge is 0.0464 e. The van der Waals surface area contributed by atoms with Crippen LogP contribution in [0.4, 0.5) is 0 Å². The maximum absolute atomic E-state index is 6.26. The maximum atomic E-state index is 6.26. The second kappa shape index (κ2) is 7.07. The topological polar surface area (TPSA) is 29.3 Å². The van der Waals surface area contributed by atoms with E-state index in [1.807, 2.05) is 18.2 Å². The minimum Gasteiger partial charge on any atom is -0.324 e. The maximum Gasteiger partial charge on any atom is 0.0464 e. The first kappa shape index (κ1) is 15.3. The molecule has 0 spiro atoms. The summed E-state index contributed by atoms with van der Waals surface area (Å²) in [5.74, 6) is 0.880. The zero-order valence-electron chi connectivity index (χ0n) is 11.4. The average Bonchev–Trinajstić information content (AvgIpc) is 2.37. The fourth-order valence-corrected chi connectivity index (χ4v) is 3.38. The molecule has 1 aromatic carbocycles. The van der Waals surface area contributed by atoms with Crippen molar-refractivity contribution in [2.24, 2.45) is 11.7 Å². The number of halogens is 2. The van der Waals surface area contributed by atoms with Crippen molar-refractivity contribution in [3.8, 4) is 0 Å². The summed E-state index contributed by atoms with van der Waals surface area (Å²) in [7, 11) is 0. The molecule has 2 N–H and O–H groups in total. The zero-order chi connectivity index (χ0) is 13.8. The molecule has 2 rings (SSSR count). The van der Waals surface area contributed by atoms with E-state index in [9.17, 15) is 0 Å². The predicted molar refractivity (Wildman–Crippen MR) is 85.5 cm³/mol. The molecule has 2 nitrogen and oxygen atoms in total. The molecule has 0 bridgehead atoms. The quantitative estimate of drug-likeness (QED) is 0.885. The van der Waals surface area contributed by atoms with Crippen LogP contribution in [0.3, 0.4) is 0 Å². The molecule has 0 aliphatic carbocycles. The van der Waals surface area contributed by atoms with E-state index in [2.05, 4.69) is 27.8 Å². The van der Waals surface area contributed by atoms with Gasteiger partial charge in [0.25, 0.3) is 0 Å².